The Morgan fingerprint density at radius 2 is 2.15 bits per heavy atom. The van der Waals surface area contributed by atoms with E-state index in [1.165, 1.54) is 0 Å². The maximum Gasteiger partial charge on any atom is 0.234 e. The first kappa shape index (κ1) is 10.5. The van der Waals surface area contributed by atoms with E-state index in [1.807, 2.05) is 20.8 Å². The number of nitrogens with one attached hydrogen (secondary N) is 1. The van der Waals surface area contributed by atoms with Gasteiger partial charge in [0.2, 0.25) is 5.91 Å². The first-order valence-electron chi connectivity index (χ1n) is 4.70. The van der Waals surface area contributed by atoms with Gasteiger partial charge in [-0.1, -0.05) is 0 Å². The fourth-order valence-corrected chi connectivity index (χ4v) is 1.66. The number of nitrogens with zero attached hydrogens (tertiary/aromatic N) is 1. The molecule has 0 unspecified atom stereocenters. The van der Waals surface area contributed by atoms with Gasteiger partial charge >= 0.3 is 0 Å². The first-order valence-corrected chi connectivity index (χ1v) is 4.70. The van der Waals surface area contributed by atoms with Crippen LogP contribution in [0.25, 0.3) is 0 Å². The molecule has 0 radical (unpaired) electrons. The molecule has 13 heavy (non-hydrogen) atoms. The fourth-order valence-electron chi connectivity index (χ4n) is 1.66. The topological polar surface area (TPSA) is 58.4 Å². The maximum atomic E-state index is 11.3. The van der Waals surface area contributed by atoms with E-state index in [0.717, 1.165) is 13.1 Å². The predicted molar refractivity (Wildman–Crippen MR) is 52.3 cm³/mol. The molecule has 0 bridgehead atoms. The van der Waals surface area contributed by atoms with Gasteiger partial charge in [-0.3, -0.25) is 9.69 Å². The van der Waals surface area contributed by atoms with Crippen LogP contribution < -0.4 is 11.1 Å². The summed E-state index contributed by atoms with van der Waals surface area (Å²) < 4.78 is 0. The normalized spacial score (nSPS) is 21.3. The molecule has 0 atom stereocenters. The van der Waals surface area contributed by atoms with Crippen LogP contribution in [-0.2, 0) is 4.79 Å². The van der Waals surface area contributed by atoms with Gasteiger partial charge in [0.05, 0.1) is 6.54 Å². The zero-order valence-electron chi connectivity index (χ0n) is 8.63. The summed E-state index contributed by atoms with van der Waals surface area (Å²) in [5, 5.41) is 2.85. The van der Waals surface area contributed by atoms with Crippen LogP contribution in [-0.4, -0.2) is 42.0 Å². The van der Waals surface area contributed by atoms with Gasteiger partial charge < -0.3 is 11.1 Å². The van der Waals surface area contributed by atoms with Crippen LogP contribution in [0, 0.1) is 0 Å². The highest BCUT2D eigenvalue weighted by molar-refractivity contribution is 5.78. The first-order chi connectivity index (χ1) is 5.89. The summed E-state index contributed by atoms with van der Waals surface area (Å²) in [7, 11) is 0. The van der Waals surface area contributed by atoms with Crippen molar-refractivity contribution < 1.29 is 4.79 Å². The Bertz CT molecular complexity index is 193. The van der Waals surface area contributed by atoms with E-state index >= 15 is 0 Å². The average molecular weight is 185 g/mol. The standard InChI is InChI=1S/C9H19N3O/c1-7(2)11-8(13)4-12-5-9(3,10)6-12/h7H,4-6,10H2,1-3H3,(H,11,13). The van der Waals surface area contributed by atoms with Gasteiger partial charge in [0.25, 0.3) is 0 Å². The molecule has 0 aliphatic carbocycles. The van der Waals surface area contributed by atoms with Gasteiger partial charge in [-0.15, -0.1) is 0 Å². The SMILES string of the molecule is CC(C)NC(=O)CN1CC(C)(N)C1. The Morgan fingerprint density at radius 3 is 2.54 bits per heavy atom. The number of hydrogen-bond acceptors (Lipinski definition) is 3. The second-order valence-electron chi connectivity index (χ2n) is 4.52. The second kappa shape index (κ2) is 3.64. The molecule has 0 aromatic rings. The third-order valence-corrected chi connectivity index (χ3v) is 1.99. The van der Waals surface area contributed by atoms with Crippen LogP contribution in [0.2, 0.25) is 0 Å². The van der Waals surface area contributed by atoms with Crippen molar-refractivity contribution in [3.05, 3.63) is 0 Å². The number of likely N-dealkylation sites (tertiary alicyclic amines) is 1. The summed E-state index contributed by atoms with van der Waals surface area (Å²) in [6, 6.07) is 0.220. The lowest BCUT2D eigenvalue weighted by Crippen LogP contribution is -2.66. The summed E-state index contributed by atoms with van der Waals surface area (Å²) in [6.45, 7) is 8.04. The zero-order valence-corrected chi connectivity index (χ0v) is 8.63. The van der Waals surface area contributed by atoms with Crippen molar-refractivity contribution in [1.82, 2.24) is 10.2 Å². The lowest BCUT2D eigenvalue weighted by atomic mass is 9.94. The largest absolute Gasteiger partial charge is 0.353 e. The molecule has 0 spiro atoms. The van der Waals surface area contributed by atoms with Crippen LogP contribution in [0.4, 0.5) is 0 Å². The monoisotopic (exact) mass is 185 g/mol. The Hall–Kier alpha value is -0.610. The Balaban J connectivity index is 2.17. The molecule has 76 valence electrons. The van der Waals surface area contributed by atoms with Gasteiger partial charge in [-0.25, -0.2) is 0 Å². The molecule has 1 aliphatic heterocycles. The average Bonchev–Trinajstić information content (AvgIpc) is 1.79. The molecule has 1 heterocycles. The molecule has 1 saturated heterocycles. The molecule has 4 nitrogen and oxygen atoms in total. The maximum absolute atomic E-state index is 11.3. The van der Waals surface area contributed by atoms with Crippen LogP contribution >= 0.6 is 0 Å². The number of amides is 1. The van der Waals surface area contributed by atoms with Crippen molar-refractivity contribution in [2.45, 2.75) is 32.4 Å². The van der Waals surface area contributed by atoms with Crippen LogP contribution in [0.5, 0.6) is 0 Å². The van der Waals surface area contributed by atoms with E-state index in [0.29, 0.717) is 6.54 Å². The highest BCUT2D eigenvalue weighted by Crippen LogP contribution is 2.15. The summed E-state index contributed by atoms with van der Waals surface area (Å²) in [4.78, 5) is 13.3. The minimum atomic E-state index is -0.0852. The van der Waals surface area contributed by atoms with Gasteiger partial charge in [0, 0.05) is 24.7 Å². The Kier molecular flexibility index (Phi) is 2.93. The molecule has 1 fully saturated rings. The lowest BCUT2D eigenvalue weighted by Gasteiger charge is -2.45. The fraction of sp³-hybridized carbons (Fsp3) is 0.889. The van der Waals surface area contributed by atoms with Gasteiger partial charge in [0.15, 0.2) is 0 Å². The highest BCUT2D eigenvalue weighted by Gasteiger charge is 2.35. The molecule has 0 saturated carbocycles. The molecule has 1 amide bonds. The molecular formula is C9H19N3O. The summed E-state index contributed by atoms with van der Waals surface area (Å²) in [5.41, 5.74) is 5.73. The van der Waals surface area contributed by atoms with Crippen molar-refractivity contribution in [1.29, 1.82) is 0 Å². The molecular weight excluding hydrogens is 166 g/mol. The smallest absolute Gasteiger partial charge is 0.234 e. The van der Waals surface area contributed by atoms with E-state index in [4.69, 9.17) is 5.73 Å². The van der Waals surface area contributed by atoms with Crippen molar-refractivity contribution in [3.63, 3.8) is 0 Å². The second-order valence-corrected chi connectivity index (χ2v) is 4.52. The van der Waals surface area contributed by atoms with E-state index < -0.39 is 0 Å². The number of carbonyl (C=O) groups is 1. The van der Waals surface area contributed by atoms with E-state index in [-0.39, 0.29) is 17.5 Å². The minimum Gasteiger partial charge on any atom is -0.353 e. The third-order valence-electron chi connectivity index (χ3n) is 1.99. The number of rotatable bonds is 3. The van der Waals surface area contributed by atoms with Gasteiger partial charge in [-0.05, 0) is 20.8 Å². The number of nitrogens with two attached hydrogens (primary N) is 1. The molecule has 0 aromatic carbocycles. The van der Waals surface area contributed by atoms with Crippen molar-refractivity contribution in [3.8, 4) is 0 Å². The van der Waals surface area contributed by atoms with Crippen LogP contribution in [0.3, 0.4) is 0 Å². The quantitative estimate of drug-likeness (QED) is 0.626. The Labute approximate surface area is 79.5 Å². The molecule has 1 aliphatic rings. The molecule has 0 aromatic heterocycles. The minimum absolute atomic E-state index is 0.0852. The molecule has 4 heteroatoms. The summed E-state index contributed by atoms with van der Waals surface area (Å²) in [6.07, 6.45) is 0. The summed E-state index contributed by atoms with van der Waals surface area (Å²) >= 11 is 0. The highest BCUT2D eigenvalue weighted by atomic mass is 16.2. The lowest BCUT2D eigenvalue weighted by molar-refractivity contribution is -0.124. The Morgan fingerprint density at radius 1 is 1.62 bits per heavy atom. The number of carbonyl (C=O) groups excluding carboxylic acids is 1. The van der Waals surface area contributed by atoms with Crippen molar-refractivity contribution in [2.24, 2.45) is 5.73 Å². The van der Waals surface area contributed by atoms with Gasteiger partial charge in [0.1, 0.15) is 0 Å². The predicted octanol–water partition coefficient (Wildman–Crippen LogP) is -0.456. The summed E-state index contributed by atoms with van der Waals surface area (Å²) in [5.74, 6) is 0.0884. The van der Waals surface area contributed by atoms with E-state index in [2.05, 4.69) is 10.2 Å². The molecule has 3 N–H and O–H groups in total. The number of hydrogen-bond donors (Lipinski definition) is 2. The van der Waals surface area contributed by atoms with Crippen molar-refractivity contribution >= 4 is 5.91 Å². The van der Waals surface area contributed by atoms with Crippen molar-refractivity contribution in [2.75, 3.05) is 19.6 Å². The van der Waals surface area contributed by atoms with Gasteiger partial charge in [-0.2, -0.15) is 0 Å². The zero-order chi connectivity index (χ0) is 10.1. The van der Waals surface area contributed by atoms with E-state index in [9.17, 15) is 4.79 Å². The van der Waals surface area contributed by atoms with Crippen LogP contribution in [0.1, 0.15) is 20.8 Å². The van der Waals surface area contributed by atoms with E-state index in [1.54, 1.807) is 0 Å². The third kappa shape index (κ3) is 3.32. The molecule has 1 rings (SSSR count). The van der Waals surface area contributed by atoms with Crippen LogP contribution in [0.15, 0.2) is 0 Å².